The second kappa shape index (κ2) is 3.14. The Morgan fingerprint density at radius 1 is 1.78 bits per heavy atom. The lowest BCUT2D eigenvalue weighted by Crippen LogP contribution is -2.22. The number of hydrogen-bond acceptors (Lipinski definition) is 1. The molecule has 0 bridgehead atoms. The minimum atomic E-state index is -2.66. The van der Waals surface area contributed by atoms with Crippen LogP contribution in [0.5, 0.6) is 0 Å². The third-order valence-corrected chi connectivity index (χ3v) is 0.968. The van der Waals surface area contributed by atoms with E-state index in [1.165, 1.54) is 0 Å². The van der Waals surface area contributed by atoms with Crippen LogP contribution < -0.4 is 0 Å². The van der Waals surface area contributed by atoms with Crippen molar-refractivity contribution in [1.82, 2.24) is 4.90 Å². The van der Waals surface area contributed by atoms with Crippen LogP contribution in [0.3, 0.4) is 0 Å². The van der Waals surface area contributed by atoms with E-state index < -0.39 is 35.8 Å². The smallest absolute Gasteiger partial charge is 0.179 e. The molecule has 0 aromatic rings. The molecular weight excluding hydrogens is 157 g/mol. The molecule has 0 unspecified atom stereocenters. The number of rotatable bonds is 1. The fourth-order valence-corrected chi connectivity index (χ4v) is 0.480. The summed E-state index contributed by atoms with van der Waals surface area (Å²) in [4.78, 5) is -2.27. The summed E-state index contributed by atoms with van der Waals surface area (Å²) >= 11 is 10.8. The fraction of sp³-hybridized carbons (Fsp3) is 0.333. The highest BCUT2D eigenvalue weighted by Crippen LogP contribution is 2.11. The summed E-state index contributed by atoms with van der Waals surface area (Å²) in [6, 6.07) is -2.27. The van der Waals surface area contributed by atoms with Gasteiger partial charge in [-0.15, -0.1) is 0 Å². The first kappa shape index (κ1) is 2.18. The standard InChI is InChI=1S/C6H7Cl2N/c7-6(8)9-4-2-1-3-5-9/h1-4,6H,5H2/i1D,2D,3D,4D,5D2,6D. The van der Waals surface area contributed by atoms with E-state index >= 15 is 0 Å². The van der Waals surface area contributed by atoms with Gasteiger partial charge >= 0.3 is 0 Å². The summed E-state index contributed by atoms with van der Waals surface area (Å²) in [5.41, 5.74) is 0. The monoisotopic (exact) mass is 170 g/mol. The van der Waals surface area contributed by atoms with Crippen molar-refractivity contribution in [2.24, 2.45) is 0 Å². The average Bonchev–Trinajstić information content (AvgIpc) is 2.09. The molecular formula is C6H7Cl2N. The van der Waals surface area contributed by atoms with Gasteiger partial charge in [0.25, 0.3) is 0 Å². The Kier molecular flexibility index (Phi) is 0.758. The van der Waals surface area contributed by atoms with E-state index in [1.807, 2.05) is 0 Å². The SMILES string of the molecule is [2H]C1=C([2H])N(C([2H])(Cl)Cl)C([2H])([2H])C([2H])=C1[2H]. The molecule has 1 heterocycles. The zero-order valence-corrected chi connectivity index (χ0v) is 5.72. The first-order chi connectivity index (χ1) is 7.01. The zero-order valence-electron chi connectivity index (χ0n) is 11.2. The Labute approximate surface area is 74.4 Å². The number of nitrogens with zero attached hydrogens (tertiary/aromatic N) is 1. The quantitative estimate of drug-likeness (QED) is 0.431. The molecule has 1 aliphatic heterocycles. The summed E-state index contributed by atoms with van der Waals surface area (Å²) < 4.78 is 51.6. The molecule has 9 heavy (non-hydrogen) atoms. The molecule has 50 valence electrons. The Morgan fingerprint density at radius 3 is 3.22 bits per heavy atom. The highest BCUT2D eigenvalue weighted by atomic mass is 35.5. The van der Waals surface area contributed by atoms with Crippen molar-refractivity contribution < 1.29 is 9.60 Å². The van der Waals surface area contributed by atoms with E-state index in [9.17, 15) is 0 Å². The Balaban J connectivity index is 3.45. The van der Waals surface area contributed by atoms with Gasteiger partial charge in [-0.1, -0.05) is 35.3 Å². The van der Waals surface area contributed by atoms with Crippen molar-refractivity contribution >= 4 is 23.2 Å². The van der Waals surface area contributed by atoms with Crippen molar-refractivity contribution in [2.75, 3.05) is 6.50 Å². The lowest BCUT2D eigenvalue weighted by molar-refractivity contribution is 0.451. The second-order valence-corrected chi connectivity index (χ2v) is 2.08. The maximum atomic E-state index is 7.50. The Morgan fingerprint density at radius 2 is 2.56 bits per heavy atom. The van der Waals surface area contributed by atoms with Crippen molar-refractivity contribution in [1.29, 1.82) is 0 Å². The predicted octanol–water partition coefficient (Wildman–Crippen LogP) is 2.13. The van der Waals surface area contributed by atoms with Crippen LogP contribution in [0.4, 0.5) is 0 Å². The predicted molar refractivity (Wildman–Crippen MR) is 40.5 cm³/mol. The molecule has 3 heteroatoms. The van der Waals surface area contributed by atoms with Gasteiger partial charge < -0.3 is 4.90 Å². The van der Waals surface area contributed by atoms with Gasteiger partial charge in [0, 0.05) is 12.7 Å². The maximum Gasteiger partial charge on any atom is 0.179 e. The van der Waals surface area contributed by atoms with Crippen LogP contribution >= 0.6 is 23.2 Å². The Hall–Kier alpha value is -0.140. The molecule has 0 aromatic heterocycles. The van der Waals surface area contributed by atoms with Gasteiger partial charge in [-0.3, -0.25) is 0 Å². The van der Waals surface area contributed by atoms with Crippen molar-refractivity contribution in [3.8, 4) is 0 Å². The summed E-state index contributed by atoms with van der Waals surface area (Å²) in [7, 11) is 0. The molecule has 0 saturated carbocycles. The highest BCUT2D eigenvalue weighted by Gasteiger charge is 2.06. The van der Waals surface area contributed by atoms with Crippen LogP contribution in [-0.4, -0.2) is 16.3 Å². The number of alkyl halides is 2. The van der Waals surface area contributed by atoms with Crippen LogP contribution in [0.15, 0.2) is 24.3 Å². The molecule has 0 fully saturated rings. The van der Waals surface area contributed by atoms with Crippen LogP contribution in [0.2, 0.25) is 0 Å². The van der Waals surface area contributed by atoms with Gasteiger partial charge in [0.2, 0.25) is 0 Å². The zero-order chi connectivity index (χ0) is 12.9. The lowest BCUT2D eigenvalue weighted by atomic mass is 10.4. The van der Waals surface area contributed by atoms with E-state index in [0.29, 0.717) is 0 Å². The van der Waals surface area contributed by atoms with Crippen molar-refractivity contribution in [3.63, 3.8) is 0 Å². The molecule has 0 N–H and O–H groups in total. The van der Waals surface area contributed by atoms with Crippen molar-refractivity contribution in [2.45, 2.75) is 4.94 Å². The summed E-state index contributed by atoms with van der Waals surface area (Å²) in [5, 5.41) is 0. The summed E-state index contributed by atoms with van der Waals surface area (Å²) in [5.74, 6) is 0. The first-order valence-electron chi connectivity index (χ1n) is 5.55. The maximum absolute atomic E-state index is 7.50. The van der Waals surface area contributed by atoms with Gasteiger partial charge in [0.1, 0.15) is 0 Å². The molecule has 0 atom stereocenters. The van der Waals surface area contributed by atoms with Crippen LogP contribution in [-0.2, 0) is 0 Å². The lowest BCUT2D eigenvalue weighted by Gasteiger charge is -2.20. The molecule has 1 rings (SSSR count). The third-order valence-electron chi connectivity index (χ3n) is 0.629. The summed E-state index contributed by atoms with van der Waals surface area (Å²) in [6.45, 7) is -2.66. The van der Waals surface area contributed by atoms with E-state index in [4.69, 9.17) is 32.8 Å². The molecule has 0 spiro atoms. The fourth-order valence-electron chi connectivity index (χ4n) is 0.311. The second-order valence-electron chi connectivity index (χ2n) is 1.17. The minimum absolute atomic E-state index is 0.256. The minimum Gasteiger partial charge on any atom is -0.346 e. The van der Waals surface area contributed by atoms with Gasteiger partial charge in [0.15, 0.2) is 4.94 Å². The molecule has 0 saturated heterocycles. The first-order valence-corrected chi connectivity index (χ1v) is 2.80. The van der Waals surface area contributed by atoms with Gasteiger partial charge in [-0.05, 0) is 6.05 Å². The molecule has 1 nitrogen and oxygen atoms in total. The largest absolute Gasteiger partial charge is 0.346 e. The summed E-state index contributed by atoms with van der Waals surface area (Å²) in [6.07, 6.45) is -0.800. The highest BCUT2D eigenvalue weighted by molar-refractivity contribution is 6.43. The van der Waals surface area contributed by atoms with Gasteiger partial charge in [-0.2, -0.15) is 0 Å². The van der Waals surface area contributed by atoms with E-state index in [1.54, 1.807) is 0 Å². The topological polar surface area (TPSA) is 3.24 Å². The number of allylic oxidation sites excluding steroid dienone is 2. The van der Waals surface area contributed by atoms with Crippen LogP contribution in [0.25, 0.3) is 0 Å². The van der Waals surface area contributed by atoms with E-state index in [0.717, 1.165) is 0 Å². The van der Waals surface area contributed by atoms with Crippen LogP contribution in [0, 0.1) is 0 Å². The van der Waals surface area contributed by atoms with E-state index in [-0.39, 0.29) is 4.90 Å². The number of halogens is 2. The van der Waals surface area contributed by atoms with Gasteiger partial charge in [0.05, 0.1) is 9.60 Å². The molecule has 0 aromatic carbocycles. The van der Waals surface area contributed by atoms with E-state index in [2.05, 4.69) is 0 Å². The molecule has 0 amide bonds. The van der Waals surface area contributed by atoms with Crippen LogP contribution in [0.1, 0.15) is 9.60 Å². The van der Waals surface area contributed by atoms with Gasteiger partial charge in [-0.25, -0.2) is 0 Å². The average molecular weight is 171 g/mol. The Bertz CT molecular complexity index is 383. The normalized spacial score (nSPS) is 39.8. The number of hydrogen-bond donors (Lipinski definition) is 0. The molecule has 0 radical (unpaired) electrons. The molecule has 0 aliphatic carbocycles. The van der Waals surface area contributed by atoms with Crippen molar-refractivity contribution in [3.05, 3.63) is 24.3 Å². The third kappa shape index (κ3) is 1.92. The molecule has 1 aliphatic rings.